The van der Waals surface area contributed by atoms with Crippen LogP contribution in [0.25, 0.3) is 5.76 Å². The third-order valence-electron chi connectivity index (χ3n) is 5.61. The highest BCUT2D eigenvalue weighted by Gasteiger charge is 2.47. The van der Waals surface area contributed by atoms with Crippen molar-refractivity contribution in [1.82, 2.24) is 4.90 Å². The first-order valence-electron chi connectivity index (χ1n) is 10.4. The van der Waals surface area contributed by atoms with Crippen molar-refractivity contribution in [3.8, 4) is 11.5 Å². The number of benzene rings is 2. The lowest BCUT2D eigenvalue weighted by Crippen LogP contribution is -2.36. The van der Waals surface area contributed by atoms with Gasteiger partial charge in [-0.25, -0.2) is 0 Å². The first-order chi connectivity index (χ1) is 15.0. The fraction of sp³-hybridized carbons (Fsp3) is 0.333. The van der Waals surface area contributed by atoms with Crippen molar-refractivity contribution in [2.24, 2.45) is 0 Å². The van der Waals surface area contributed by atoms with Crippen LogP contribution in [0.4, 0.5) is 0 Å². The van der Waals surface area contributed by atoms with E-state index in [0.717, 1.165) is 12.8 Å². The molecule has 1 amide bonds. The standard InChI is InChI=1S/C24H25NO6/c1-2-30-18-11-7-16(8-12-18)22(27)20-21(15-5-9-17(26)10-6-15)25(24(29)23(20)28)14-19-4-3-13-31-19/h5-12,19,21,26-27H,2-4,13-14H2,1H3. The summed E-state index contributed by atoms with van der Waals surface area (Å²) in [5.74, 6) is -0.919. The molecular weight excluding hydrogens is 398 g/mol. The minimum atomic E-state index is -0.767. The summed E-state index contributed by atoms with van der Waals surface area (Å²) in [4.78, 5) is 27.4. The molecule has 2 saturated heterocycles. The SMILES string of the molecule is CCOc1ccc(C(O)=C2C(=O)C(=O)N(CC3CCCO3)C2c2ccc(O)cc2)cc1. The largest absolute Gasteiger partial charge is 0.508 e. The number of carbonyl (C=O) groups is 2. The number of amides is 1. The number of phenols is 1. The van der Waals surface area contributed by atoms with Gasteiger partial charge in [0, 0.05) is 18.7 Å². The Morgan fingerprint density at radius 2 is 1.84 bits per heavy atom. The fourth-order valence-corrected chi connectivity index (χ4v) is 4.11. The molecule has 0 bridgehead atoms. The number of nitrogens with zero attached hydrogens (tertiary/aromatic N) is 1. The molecule has 2 unspecified atom stereocenters. The number of likely N-dealkylation sites (tertiary alicyclic amines) is 1. The number of aromatic hydroxyl groups is 1. The molecule has 0 radical (unpaired) electrons. The van der Waals surface area contributed by atoms with Crippen molar-refractivity contribution in [3.63, 3.8) is 0 Å². The second-order valence-electron chi connectivity index (χ2n) is 7.64. The van der Waals surface area contributed by atoms with Crippen LogP contribution in [0.1, 0.15) is 36.9 Å². The molecule has 2 aliphatic heterocycles. The lowest BCUT2D eigenvalue weighted by molar-refractivity contribution is -0.140. The molecule has 2 aliphatic rings. The van der Waals surface area contributed by atoms with Crippen molar-refractivity contribution < 1.29 is 29.3 Å². The second-order valence-corrected chi connectivity index (χ2v) is 7.64. The summed E-state index contributed by atoms with van der Waals surface area (Å²) < 4.78 is 11.1. The molecule has 162 valence electrons. The van der Waals surface area contributed by atoms with Gasteiger partial charge in [0.25, 0.3) is 11.7 Å². The van der Waals surface area contributed by atoms with Gasteiger partial charge < -0.3 is 24.6 Å². The summed E-state index contributed by atoms with van der Waals surface area (Å²) in [6.07, 6.45) is 1.57. The number of hydrogen-bond donors (Lipinski definition) is 2. The molecule has 2 heterocycles. The van der Waals surface area contributed by atoms with E-state index in [0.29, 0.717) is 30.1 Å². The number of carbonyl (C=O) groups excluding carboxylic acids is 2. The van der Waals surface area contributed by atoms with Crippen LogP contribution in [0, 0.1) is 0 Å². The van der Waals surface area contributed by atoms with Gasteiger partial charge in [-0.1, -0.05) is 12.1 Å². The molecule has 31 heavy (non-hydrogen) atoms. The molecule has 0 aliphatic carbocycles. The summed E-state index contributed by atoms with van der Waals surface area (Å²) in [6, 6.07) is 12.3. The quantitative estimate of drug-likeness (QED) is 0.420. The average molecular weight is 423 g/mol. The summed E-state index contributed by atoms with van der Waals surface area (Å²) in [7, 11) is 0. The minimum Gasteiger partial charge on any atom is -0.508 e. The maximum absolute atomic E-state index is 13.0. The van der Waals surface area contributed by atoms with Crippen molar-refractivity contribution in [2.75, 3.05) is 19.8 Å². The Kier molecular flexibility index (Phi) is 5.95. The van der Waals surface area contributed by atoms with E-state index in [1.165, 1.54) is 17.0 Å². The number of aliphatic hydroxyl groups excluding tert-OH is 1. The summed E-state index contributed by atoms with van der Waals surface area (Å²) in [5.41, 5.74) is 1.07. The van der Waals surface area contributed by atoms with E-state index in [1.54, 1.807) is 36.4 Å². The number of phenolic OH excluding ortho intramolecular Hbond substituents is 1. The van der Waals surface area contributed by atoms with Crippen LogP contribution < -0.4 is 4.74 Å². The predicted molar refractivity (Wildman–Crippen MR) is 114 cm³/mol. The van der Waals surface area contributed by atoms with E-state index in [2.05, 4.69) is 0 Å². The zero-order chi connectivity index (χ0) is 22.0. The van der Waals surface area contributed by atoms with Gasteiger partial charge in [0.2, 0.25) is 0 Å². The minimum absolute atomic E-state index is 0.0258. The third kappa shape index (κ3) is 4.14. The number of ether oxygens (including phenoxy) is 2. The smallest absolute Gasteiger partial charge is 0.295 e. The number of hydrogen-bond acceptors (Lipinski definition) is 6. The Labute approximate surface area is 180 Å². The molecule has 4 rings (SSSR count). The summed E-state index contributed by atoms with van der Waals surface area (Å²) in [6.45, 7) is 3.28. The average Bonchev–Trinajstić information content (AvgIpc) is 3.37. The van der Waals surface area contributed by atoms with Gasteiger partial charge >= 0.3 is 0 Å². The van der Waals surface area contributed by atoms with Gasteiger partial charge in [-0.3, -0.25) is 9.59 Å². The molecule has 2 aromatic rings. The van der Waals surface area contributed by atoms with Crippen LogP contribution >= 0.6 is 0 Å². The first kappa shape index (κ1) is 20.9. The number of rotatable bonds is 6. The van der Waals surface area contributed by atoms with E-state index in [1.807, 2.05) is 6.92 Å². The van der Waals surface area contributed by atoms with Crippen molar-refractivity contribution in [3.05, 3.63) is 65.2 Å². The van der Waals surface area contributed by atoms with Crippen molar-refractivity contribution in [1.29, 1.82) is 0 Å². The molecule has 2 fully saturated rings. The molecule has 0 aromatic heterocycles. The van der Waals surface area contributed by atoms with Crippen molar-refractivity contribution >= 4 is 17.4 Å². The molecular formula is C24H25NO6. The lowest BCUT2D eigenvalue weighted by Gasteiger charge is -2.27. The normalized spacial score (nSPS) is 22.8. The monoisotopic (exact) mass is 423 g/mol. The van der Waals surface area contributed by atoms with Gasteiger partial charge in [-0.05, 0) is 61.7 Å². The third-order valence-corrected chi connectivity index (χ3v) is 5.61. The predicted octanol–water partition coefficient (Wildman–Crippen LogP) is 3.39. The van der Waals surface area contributed by atoms with Crippen LogP contribution in [0.5, 0.6) is 11.5 Å². The van der Waals surface area contributed by atoms with Gasteiger partial charge in [0.15, 0.2) is 0 Å². The van der Waals surface area contributed by atoms with E-state index in [-0.39, 0.29) is 29.7 Å². The Morgan fingerprint density at radius 3 is 2.45 bits per heavy atom. The first-order valence-corrected chi connectivity index (χ1v) is 10.4. The number of Topliss-reactive ketones (excluding diaryl/α,β-unsaturated/α-hetero) is 1. The second kappa shape index (κ2) is 8.81. The zero-order valence-electron chi connectivity index (χ0n) is 17.3. The number of ketones is 1. The van der Waals surface area contributed by atoms with E-state index in [4.69, 9.17) is 9.47 Å². The molecule has 7 heteroatoms. The topological polar surface area (TPSA) is 96.3 Å². The van der Waals surface area contributed by atoms with Crippen LogP contribution in [-0.2, 0) is 14.3 Å². The number of aliphatic hydroxyl groups is 1. The van der Waals surface area contributed by atoms with Gasteiger partial charge in [0.1, 0.15) is 17.3 Å². The van der Waals surface area contributed by atoms with E-state index < -0.39 is 17.7 Å². The Hall–Kier alpha value is -3.32. The molecule has 2 atom stereocenters. The van der Waals surface area contributed by atoms with E-state index >= 15 is 0 Å². The highest BCUT2D eigenvalue weighted by atomic mass is 16.5. The van der Waals surface area contributed by atoms with Crippen LogP contribution in [0.15, 0.2) is 54.1 Å². The Morgan fingerprint density at radius 1 is 1.13 bits per heavy atom. The van der Waals surface area contributed by atoms with Gasteiger partial charge in [0.05, 0.1) is 24.3 Å². The van der Waals surface area contributed by atoms with Gasteiger partial charge in [-0.15, -0.1) is 0 Å². The Bertz CT molecular complexity index is 990. The summed E-state index contributed by atoms with van der Waals surface area (Å²) in [5, 5.41) is 20.7. The van der Waals surface area contributed by atoms with Crippen LogP contribution in [0.2, 0.25) is 0 Å². The van der Waals surface area contributed by atoms with Crippen molar-refractivity contribution in [2.45, 2.75) is 31.9 Å². The summed E-state index contributed by atoms with van der Waals surface area (Å²) >= 11 is 0. The zero-order valence-corrected chi connectivity index (χ0v) is 17.3. The fourth-order valence-electron chi connectivity index (χ4n) is 4.11. The maximum atomic E-state index is 13.0. The van der Waals surface area contributed by atoms with E-state index in [9.17, 15) is 19.8 Å². The molecule has 2 aromatic carbocycles. The van der Waals surface area contributed by atoms with Gasteiger partial charge in [-0.2, -0.15) is 0 Å². The molecule has 0 spiro atoms. The highest BCUT2D eigenvalue weighted by molar-refractivity contribution is 6.46. The maximum Gasteiger partial charge on any atom is 0.295 e. The molecule has 7 nitrogen and oxygen atoms in total. The van der Waals surface area contributed by atoms with Crippen LogP contribution in [0.3, 0.4) is 0 Å². The molecule has 0 saturated carbocycles. The lowest BCUT2D eigenvalue weighted by atomic mass is 9.95. The van der Waals surface area contributed by atoms with Crippen LogP contribution in [-0.4, -0.2) is 52.7 Å². The molecule has 2 N–H and O–H groups in total. The highest BCUT2D eigenvalue weighted by Crippen LogP contribution is 2.40. The Balaban J connectivity index is 1.77.